The fourth-order valence-corrected chi connectivity index (χ4v) is 2.30. The summed E-state index contributed by atoms with van der Waals surface area (Å²) in [5, 5.41) is 17.0. The molecule has 0 aliphatic carbocycles. The van der Waals surface area contributed by atoms with Crippen molar-refractivity contribution in [1.29, 1.82) is 0 Å². The van der Waals surface area contributed by atoms with Crippen molar-refractivity contribution in [3.05, 3.63) is 51.8 Å². The number of nitrogens with zero attached hydrogens (tertiary/aromatic N) is 3. The molecule has 0 aliphatic heterocycles. The quantitative estimate of drug-likeness (QED) is 0.599. The molecule has 0 unspecified atom stereocenters. The Kier molecular flexibility index (Phi) is 6.05. The van der Waals surface area contributed by atoms with Gasteiger partial charge in [-0.2, -0.15) is 0 Å². The van der Waals surface area contributed by atoms with E-state index in [0.717, 1.165) is 0 Å². The summed E-state index contributed by atoms with van der Waals surface area (Å²) >= 11 is 0. The summed E-state index contributed by atoms with van der Waals surface area (Å²) in [6, 6.07) is 6.68. The lowest BCUT2D eigenvalue weighted by molar-refractivity contribution is -0.384. The minimum absolute atomic E-state index is 0.101. The van der Waals surface area contributed by atoms with Gasteiger partial charge >= 0.3 is 0 Å². The SMILES string of the molecule is CC[C@@H](C)N(CC(=O)Nc1cc(C)on1)C(=O)c1ccc([N+](=O)[O-])cc1. The van der Waals surface area contributed by atoms with Gasteiger partial charge in [-0.15, -0.1) is 0 Å². The van der Waals surface area contributed by atoms with E-state index in [0.29, 0.717) is 12.2 Å². The first-order valence-electron chi connectivity index (χ1n) is 8.10. The van der Waals surface area contributed by atoms with Crippen LogP contribution >= 0.6 is 0 Å². The molecule has 2 rings (SSSR count). The van der Waals surface area contributed by atoms with Crippen molar-refractivity contribution < 1.29 is 19.0 Å². The molecule has 0 saturated heterocycles. The Bertz CT molecular complexity index is 800. The molecule has 1 heterocycles. The summed E-state index contributed by atoms with van der Waals surface area (Å²) in [7, 11) is 0. The van der Waals surface area contributed by atoms with E-state index >= 15 is 0 Å². The van der Waals surface area contributed by atoms with E-state index in [1.807, 2.05) is 13.8 Å². The molecule has 1 N–H and O–H groups in total. The smallest absolute Gasteiger partial charge is 0.269 e. The highest BCUT2D eigenvalue weighted by Crippen LogP contribution is 2.16. The normalized spacial score (nSPS) is 11.7. The number of benzene rings is 1. The Labute approximate surface area is 150 Å². The van der Waals surface area contributed by atoms with Crippen LogP contribution in [0, 0.1) is 17.0 Å². The molecule has 1 aromatic carbocycles. The van der Waals surface area contributed by atoms with Crippen molar-refractivity contribution in [2.45, 2.75) is 33.2 Å². The van der Waals surface area contributed by atoms with E-state index in [1.165, 1.54) is 29.2 Å². The summed E-state index contributed by atoms with van der Waals surface area (Å²) in [6.45, 7) is 5.26. The molecule has 0 radical (unpaired) electrons. The zero-order valence-electron chi connectivity index (χ0n) is 14.8. The number of carbonyl (C=O) groups excluding carboxylic acids is 2. The molecule has 0 saturated carbocycles. The van der Waals surface area contributed by atoms with Gasteiger partial charge in [0.2, 0.25) is 5.91 Å². The topological polar surface area (TPSA) is 119 Å². The number of anilines is 1. The molecule has 0 spiro atoms. The van der Waals surface area contributed by atoms with Gasteiger partial charge < -0.3 is 14.7 Å². The van der Waals surface area contributed by atoms with Crippen molar-refractivity contribution in [2.75, 3.05) is 11.9 Å². The van der Waals surface area contributed by atoms with Gasteiger partial charge in [-0.3, -0.25) is 19.7 Å². The molecule has 1 aromatic heterocycles. The van der Waals surface area contributed by atoms with Gasteiger partial charge in [-0.25, -0.2) is 0 Å². The molecular formula is C17H20N4O5. The summed E-state index contributed by atoms with van der Waals surface area (Å²) in [5.41, 5.74) is 0.178. The highest BCUT2D eigenvalue weighted by Gasteiger charge is 2.24. The molecule has 0 aliphatic rings. The summed E-state index contributed by atoms with van der Waals surface area (Å²) in [4.78, 5) is 36.6. The number of nitro groups is 1. The molecular weight excluding hydrogens is 340 g/mol. The highest BCUT2D eigenvalue weighted by molar-refractivity contribution is 5.99. The lowest BCUT2D eigenvalue weighted by atomic mass is 10.1. The molecule has 0 fully saturated rings. The van der Waals surface area contributed by atoms with Crippen LogP contribution in [0.3, 0.4) is 0 Å². The third-order valence-electron chi connectivity index (χ3n) is 3.92. The molecule has 9 heteroatoms. The van der Waals surface area contributed by atoms with Crippen LogP contribution in [0.25, 0.3) is 0 Å². The second-order valence-electron chi connectivity index (χ2n) is 5.87. The number of aryl methyl sites for hydroxylation is 1. The number of hydrogen-bond donors (Lipinski definition) is 1. The number of aromatic nitrogens is 1. The Hall–Kier alpha value is -3.23. The van der Waals surface area contributed by atoms with Crippen molar-refractivity contribution >= 4 is 23.3 Å². The second kappa shape index (κ2) is 8.24. The van der Waals surface area contributed by atoms with Gasteiger partial charge in [0.05, 0.1) is 4.92 Å². The van der Waals surface area contributed by atoms with Crippen LogP contribution in [-0.2, 0) is 4.79 Å². The summed E-state index contributed by atoms with van der Waals surface area (Å²) in [5.74, 6) is 0.0509. The number of non-ortho nitro benzene ring substituents is 1. The van der Waals surface area contributed by atoms with Gasteiger partial charge in [-0.05, 0) is 32.4 Å². The van der Waals surface area contributed by atoms with Crippen LogP contribution in [0.2, 0.25) is 0 Å². The molecule has 2 aromatic rings. The number of amides is 2. The molecule has 2 amide bonds. The Morgan fingerprint density at radius 3 is 2.50 bits per heavy atom. The zero-order chi connectivity index (χ0) is 19.3. The minimum atomic E-state index is -0.534. The average Bonchev–Trinajstić information content (AvgIpc) is 3.03. The lowest BCUT2D eigenvalue weighted by Gasteiger charge is -2.28. The van der Waals surface area contributed by atoms with E-state index in [2.05, 4.69) is 10.5 Å². The van der Waals surface area contributed by atoms with Crippen molar-refractivity contribution in [3.63, 3.8) is 0 Å². The fraction of sp³-hybridized carbons (Fsp3) is 0.353. The van der Waals surface area contributed by atoms with E-state index in [-0.39, 0.29) is 35.6 Å². The Morgan fingerprint density at radius 2 is 2.00 bits per heavy atom. The summed E-state index contributed by atoms with van der Waals surface area (Å²) < 4.78 is 4.89. The van der Waals surface area contributed by atoms with Gasteiger partial charge in [0.1, 0.15) is 12.3 Å². The van der Waals surface area contributed by atoms with Crippen LogP contribution in [0.15, 0.2) is 34.9 Å². The third kappa shape index (κ3) is 4.65. The van der Waals surface area contributed by atoms with Gasteiger partial charge in [0.25, 0.3) is 11.6 Å². The predicted molar refractivity (Wildman–Crippen MR) is 93.8 cm³/mol. The maximum absolute atomic E-state index is 12.8. The first-order valence-corrected chi connectivity index (χ1v) is 8.10. The van der Waals surface area contributed by atoms with Crippen molar-refractivity contribution in [1.82, 2.24) is 10.1 Å². The lowest BCUT2D eigenvalue weighted by Crippen LogP contribution is -2.43. The molecule has 0 bridgehead atoms. The van der Waals surface area contributed by atoms with E-state index in [1.54, 1.807) is 13.0 Å². The molecule has 138 valence electrons. The third-order valence-corrected chi connectivity index (χ3v) is 3.92. The number of carbonyl (C=O) groups is 2. The van der Waals surface area contributed by atoms with Crippen LogP contribution in [0.1, 0.15) is 36.4 Å². The highest BCUT2D eigenvalue weighted by atomic mass is 16.6. The van der Waals surface area contributed by atoms with Gasteiger partial charge in [0.15, 0.2) is 5.82 Å². The molecule has 26 heavy (non-hydrogen) atoms. The maximum Gasteiger partial charge on any atom is 0.269 e. The Morgan fingerprint density at radius 1 is 1.35 bits per heavy atom. The van der Waals surface area contributed by atoms with Crippen LogP contribution < -0.4 is 5.32 Å². The van der Waals surface area contributed by atoms with Crippen molar-refractivity contribution in [3.8, 4) is 0 Å². The number of hydrogen-bond acceptors (Lipinski definition) is 6. The Balaban J connectivity index is 2.13. The van der Waals surface area contributed by atoms with Gasteiger partial charge in [0, 0.05) is 29.8 Å². The number of rotatable bonds is 7. The molecule has 1 atom stereocenters. The van der Waals surface area contributed by atoms with E-state index in [9.17, 15) is 19.7 Å². The predicted octanol–water partition coefficient (Wildman–Crippen LogP) is 2.77. The maximum atomic E-state index is 12.8. The second-order valence-corrected chi connectivity index (χ2v) is 5.87. The largest absolute Gasteiger partial charge is 0.360 e. The average molecular weight is 360 g/mol. The van der Waals surface area contributed by atoms with Crippen molar-refractivity contribution in [2.24, 2.45) is 0 Å². The number of nitro benzene ring substituents is 1. The first-order chi connectivity index (χ1) is 12.3. The van der Waals surface area contributed by atoms with Crippen LogP contribution in [0.5, 0.6) is 0 Å². The molecule has 9 nitrogen and oxygen atoms in total. The van der Waals surface area contributed by atoms with E-state index in [4.69, 9.17) is 4.52 Å². The van der Waals surface area contributed by atoms with Crippen LogP contribution in [0.4, 0.5) is 11.5 Å². The summed E-state index contributed by atoms with van der Waals surface area (Å²) in [6.07, 6.45) is 0.648. The fourth-order valence-electron chi connectivity index (χ4n) is 2.30. The monoisotopic (exact) mass is 360 g/mol. The van der Waals surface area contributed by atoms with Crippen LogP contribution in [-0.4, -0.2) is 39.4 Å². The van der Waals surface area contributed by atoms with E-state index < -0.39 is 10.8 Å². The number of nitrogens with one attached hydrogen (secondary N) is 1. The zero-order valence-corrected chi connectivity index (χ0v) is 14.8. The first kappa shape index (κ1) is 19.1. The minimum Gasteiger partial charge on any atom is -0.360 e. The standard InChI is InChI=1S/C17H20N4O5/c1-4-11(2)20(10-16(22)18-15-9-12(3)26-19-15)17(23)13-5-7-14(8-6-13)21(24)25/h5-9,11H,4,10H2,1-3H3,(H,18,19,22)/t11-/m1/s1. The van der Waals surface area contributed by atoms with Gasteiger partial charge in [-0.1, -0.05) is 12.1 Å².